The summed E-state index contributed by atoms with van der Waals surface area (Å²) in [5.41, 5.74) is 0.288. The van der Waals surface area contributed by atoms with Crippen molar-refractivity contribution in [3.8, 4) is 0 Å². The Morgan fingerprint density at radius 2 is 2.00 bits per heavy atom. The van der Waals surface area contributed by atoms with Crippen LogP contribution < -0.4 is 5.32 Å². The molecular weight excluding hydrogens is 234 g/mol. The molecule has 0 aromatic heterocycles. The fourth-order valence-electron chi connectivity index (χ4n) is 3.39. The van der Waals surface area contributed by atoms with Gasteiger partial charge >= 0.3 is 0 Å². The van der Waals surface area contributed by atoms with Crippen LogP contribution in [0.3, 0.4) is 0 Å². The van der Waals surface area contributed by atoms with Gasteiger partial charge in [-0.3, -0.25) is 9.80 Å². The topological polar surface area (TPSA) is 18.5 Å². The Kier molecular flexibility index (Phi) is 5.27. The average Bonchev–Trinajstić information content (AvgIpc) is 2.39. The Balaban J connectivity index is 1.77. The molecule has 3 nitrogen and oxygen atoms in total. The molecule has 2 saturated heterocycles. The second kappa shape index (κ2) is 6.55. The maximum Gasteiger partial charge on any atom is 0.0223 e. The molecule has 0 aliphatic carbocycles. The fourth-order valence-corrected chi connectivity index (χ4v) is 3.39. The zero-order valence-electron chi connectivity index (χ0n) is 13.4. The van der Waals surface area contributed by atoms with Crippen LogP contribution in [-0.4, -0.2) is 60.1 Å². The summed E-state index contributed by atoms with van der Waals surface area (Å²) < 4.78 is 0. The second-order valence-electron chi connectivity index (χ2n) is 7.15. The van der Waals surface area contributed by atoms with Crippen LogP contribution in [0.15, 0.2) is 0 Å². The molecule has 0 bridgehead atoms. The van der Waals surface area contributed by atoms with Crippen LogP contribution >= 0.6 is 0 Å². The third kappa shape index (κ3) is 4.17. The SMILES string of the molecule is CCC(C)(C)NCCN1CC2CCCCN2CC1C. The molecule has 2 fully saturated rings. The van der Waals surface area contributed by atoms with E-state index in [0.717, 1.165) is 18.6 Å². The van der Waals surface area contributed by atoms with Crippen molar-refractivity contribution in [1.82, 2.24) is 15.1 Å². The molecule has 2 rings (SSSR count). The Bertz CT molecular complexity index is 277. The molecule has 0 aromatic carbocycles. The van der Waals surface area contributed by atoms with Crippen molar-refractivity contribution in [1.29, 1.82) is 0 Å². The Morgan fingerprint density at radius 3 is 2.74 bits per heavy atom. The highest BCUT2D eigenvalue weighted by molar-refractivity contribution is 4.89. The van der Waals surface area contributed by atoms with Gasteiger partial charge in [0.2, 0.25) is 0 Å². The molecule has 3 heteroatoms. The van der Waals surface area contributed by atoms with Gasteiger partial charge in [0.15, 0.2) is 0 Å². The van der Waals surface area contributed by atoms with Crippen LogP contribution in [0.4, 0.5) is 0 Å². The first-order valence-corrected chi connectivity index (χ1v) is 8.25. The predicted molar refractivity (Wildman–Crippen MR) is 82.6 cm³/mol. The molecule has 2 atom stereocenters. The number of nitrogens with zero attached hydrogens (tertiary/aromatic N) is 2. The lowest BCUT2D eigenvalue weighted by Crippen LogP contribution is -2.59. The smallest absolute Gasteiger partial charge is 0.0223 e. The van der Waals surface area contributed by atoms with E-state index in [4.69, 9.17) is 0 Å². The minimum Gasteiger partial charge on any atom is -0.311 e. The third-order valence-electron chi connectivity index (χ3n) is 5.20. The van der Waals surface area contributed by atoms with Crippen molar-refractivity contribution < 1.29 is 0 Å². The van der Waals surface area contributed by atoms with E-state index in [9.17, 15) is 0 Å². The molecule has 2 aliphatic heterocycles. The molecule has 2 heterocycles. The largest absolute Gasteiger partial charge is 0.311 e. The molecule has 0 spiro atoms. The minimum atomic E-state index is 0.288. The van der Waals surface area contributed by atoms with Crippen LogP contribution in [-0.2, 0) is 0 Å². The van der Waals surface area contributed by atoms with Crippen molar-refractivity contribution >= 4 is 0 Å². The summed E-state index contributed by atoms with van der Waals surface area (Å²) in [7, 11) is 0. The van der Waals surface area contributed by atoms with Crippen LogP contribution in [0.25, 0.3) is 0 Å². The summed E-state index contributed by atoms with van der Waals surface area (Å²) in [6.45, 7) is 15.5. The molecule has 2 unspecified atom stereocenters. The van der Waals surface area contributed by atoms with E-state index in [-0.39, 0.29) is 5.54 Å². The van der Waals surface area contributed by atoms with Crippen LogP contribution in [0.2, 0.25) is 0 Å². The normalized spacial score (nSPS) is 30.3. The lowest BCUT2D eigenvalue weighted by atomic mass is 9.97. The first-order valence-electron chi connectivity index (χ1n) is 8.25. The third-order valence-corrected chi connectivity index (χ3v) is 5.20. The fraction of sp³-hybridized carbons (Fsp3) is 1.00. The van der Waals surface area contributed by atoms with Crippen LogP contribution in [0.1, 0.15) is 53.4 Å². The van der Waals surface area contributed by atoms with Crippen molar-refractivity contribution in [3.63, 3.8) is 0 Å². The molecule has 2 aliphatic rings. The van der Waals surface area contributed by atoms with Crippen molar-refractivity contribution in [2.24, 2.45) is 0 Å². The zero-order valence-corrected chi connectivity index (χ0v) is 13.4. The molecule has 0 aromatic rings. The van der Waals surface area contributed by atoms with Crippen molar-refractivity contribution in [2.45, 2.75) is 71.0 Å². The van der Waals surface area contributed by atoms with E-state index in [1.54, 1.807) is 0 Å². The number of rotatable bonds is 5. The zero-order chi connectivity index (χ0) is 13.9. The van der Waals surface area contributed by atoms with E-state index in [2.05, 4.69) is 42.8 Å². The number of hydrogen-bond donors (Lipinski definition) is 1. The summed E-state index contributed by atoms with van der Waals surface area (Å²) in [6.07, 6.45) is 5.45. The van der Waals surface area contributed by atoms with Crippen LogP contribution in [0, 0.1) is 0 Å². The number of piperazine rings is 1. The second-order valence-corrected chi connectivity index (χ2v) is 7.15. The number of piperidine rings is 1. The molecule has 0 saturated carbocycles. The molecule has 1 N–H and O–H groups in total. The predicted octanol–water partition coefficient (Wildman–Crippen LogP) is 2.32. The lowest BCUT2D eigenvalue weighted by Gasteiger charge is -2.47. The van der Waals surface area contributed by atoms with Gasteiger partial charge in [-0.2, -0.15) is 0 Å². The number of hydrogen-bond acceptors (Lipinski definition) is 3. The lowest BCUT2D eigenvalue weighted by molar-refractivity contribution is 0.0152. The van der Waals surface area contributed by atoms with E-state index in [1.807, 2.05) is 0 Å². The summed E-state index contributed by atoms with van der Waals surface area (Å²) in [6, 6.07) is 1.56. The highest BCUT2D eigenvalue weighted by atomic mass is 15.3. The molecule has 112 valence electrons. The minimum absolute atomic E-state index is 0.288. The summed E-state index contributed by atoms with van der Waals surface area (Å²) in [5.74, 6) is 0. The van der Waals surface area contributed by atoms with E-state index >= 15 is 0 Å². The quantitative estimate of drug-likeness (QED) is 0.825. The van der Waals surface area contributed by atoms with Gasteiger partial charge in [0, 0.05) is 43.8 Å². The van der Waals surface area contributed by atoms with Crippen LogP contribution in [0.5, 0.6) is 0 Å². The Labute approximate surface area is 119 Å². The summed E-state index contributed by atoms with van der Waals surface area (Å²) in [4.78, 5) is 5.43. The molecule has 19 heavy (non-hydrogen) atoms. The maximum atomic E-state index is 3.69. The van der Waals surface area contributed by atoms with Gasteiger partial charge in [-0.1, -0.05) is 13.3 Å². The molecular formula is C16H33N3. The van der Waals surface area contributed by atoms with Gasteiger partial charge in [0.05, 0.1) is 0 Å². The monoisotopic (exact) mass is 267 g/mol. The van der Waals surface area contributed by atoms with Crippen molar-refractivity contribution in [2.75, 3.05) is 32.7 Å². The van der Waals surface area contributed by atoms with Gasteiger partial charge in [-0.25, -0.2) is 0 Å². The van der Waals surface area contributed by atoms with Gasteiger partial charge < -0.3 is 5.32 Å². The molecule has 0 radical (unpaired) electrons. The Hall–Kier alpha value is -0.120. The van der Waals surface area contributed by atoms with Crippen molar-refractivity contribution in [3.05, 3.63) is 0 Å². The maximum absolute atomic E-state index is 3.69. The molecule has 0 amide bonds. The standard InChI is InChI=1S/C16H33N3/c1-5-16(3,4)17-9-11-18-13-15-8-6-7-10-19(15)12-14(18)2/h14-15,17H,5-13H2,1-4H3. The Morgan fingerprint density at radius 1 is 1.21 bits per heavy atom. The highest BCUT2D eigenvalue weighted by Gasteiger charge is 2.32. The summed E-state index contributed by atoms with van der Waals surface area (Å²) in [5, 5.41) is 3.69. The average molecular weight is 267 g/mol. The van der Waals surface area contributed by atoms with Gasteiger partial charge in [0.1, 0.15) is 0 Å². The van der Waals surface area contributed by atoms with Gasteiger partial charge in [-0.15, -0.1) is 0 Å². The number of fused-ring (bicyclic) bond motifs is 1. The first-order chi connectivity index (χ1) is 9.02. The van der Waals surface area contributed by atoms with Gasteiger partial charge in [-0.05, 0) is 46.6 Å². The van der Waals surface area contributed by atoms with Gasteiger partial charge in [0.25, 0.3) is 0 Å². The van der Waals surface area contributed by atoms with E-state index < -0.39 is 0 Å². The van der Waals surface area contributed by atoms with E-state index in [1.165, 1.54) is 51.9 Å². The van der Waals surface area contributed by atoms with E-state index in [0.29, 0.717) is 0 Å². The highest BCUT2D eigenvalue weighted by Crippen LogP contribution is 2.23. The number of nitrogens with one attached hydrogen (secondary N) is 1. The first kappa shape index (κ1) is 15.3. The summed E-state index contributed by atoms with van der Waals surface area (Å²) >= 11 is 0.